The van der Waals surface area contributed by atoms with E-state index in [9.17, 15) is 44.6 Å². The van der Waals surface area contributed by atoms with Crippen LogP contribution in [-0.2, 0) is 32.7 Å². The summed E-state index contributed by atoms with van der Waals surface area (Å²) in [4.78, 5) is 35.9. The van der Waals surface area contributed by atoms with Gasteiger partial charge in [-0.2, -0.15) is 0 Å². The van der Waals surface area contributed by atoms with Gasteiger partial charge in [-0.25, -0.2) is 4.57 Å². The molecule has 0 amide bonds. The number of hydrogen-bond donors (Lipinski definition) is 6. The Bertz CT molecular complexity index is 1450. The van der Waals surface area contributed by atoms with Crippen molar-refractivity contribution in [1.82, 2.24) is 0 Å². The number of rotatable bonds is 46. The molecule has 0 heterocycles. The fourth-order valence-corrected chi connectivity index (χ4v) is 9.23. The third-order valence-corrected chi connectivity index (χ3v) is 13.6. The summed E-state index contributed by atoms with van der Waals surface area (Å²) >= 11 is 0. The molecule has 6 unspecified atom stereocenters. The van der Waals surface area contributed by atoms with Gasteiger partial charge in [0, 0.05) is 12.8 Å². The molecule has 0 radical (unpaired) electrons. The van der Waals surface area contributed by atoms with Gasteiger partial charge in [-0.05, 0) is 57.8 Å². The molecular weight excluding hydrogens is 912 g/mol. The van der Waals surface area contributed by atoms with Crippen LogP contribution in [0.15, 0.2) is 60.8 Å². The summed E-state index contributed by atoms with van der Waals surface area (Å²) in [5.41, 5.74) is 0. The molecule has 14 heteroatoms. The Kier molecular flexibility index (Phi) is 42.3. The van der Waals surface area contributed by atoms with Crippen LogP contribution in [0.1, 0.15) is 226 Å². The number of aliphatic hydroxyl groups is 5. The number of esters is 2. The van der Waals surface area contributed by atoms with Crippen LogP contribution < -0.4 is 0 Å². The molecule has 0 spiro atoms. The number of hydrogen-bond acceptors (Lipinski definition) is 12. The highest BCUT2D eigenvalue weighted by molar-refractivity contribution is 7.47. The van der Waals surface area contributed by atoms with Gasteiger partial charge < -0.3 is 39.9 Å². The van der Waals surface area contributed by atoms with Gasteiger partial charge in [-0.15, -0.1) is 0 Å². The van der Waals surface area contributed by atoms with Gasteiger partial charge in [-0.1, -0.05) is 216 Å². The van der Waals surface area contributed by atoms with Crippen LogP contribution in [0.4, 0.5) is 0 Å². The standard InChI is InChI=1S/C56H99O13P/c1-3-5-7-9-11-13-15-17-19-21-23-24-25-27-29-31-33-35-37-39-41-43-45-50(58)68-48(47-67-70(64,65)69-56-54(62)52(60)51(59)53(61)55(56)63)46-66-49(57)44-42-40-38-36-34-32-30-28-26-22-20-18-16-14-12-10-8-6-4-2/h6,8,12,14,18,20,26,28,32,34,48,51-56,59-63H,3-5,7,9-11,13,15-17,19,21-25,27,29-31,33,35-47H2,1-2H3,(H,64,65)/b8-6+,14-12+,20-18+,28-26+,34-32+/t48-,51?,52-,53?,54?,55?,56?/m1/s1. The SMILES string of the molecule is CC/C=C/C/C=C/C/C=C/C/C=C/C/C=C/CCCCCC(=O)OC[C@H](COP(=O)(O)OC1C(O)C(O)C(O)[C@@H](O)C1O)OC(=O)CCCCCCCCCCCCCCCCCCCCCCCC. The van der Waals surface area contributed by atoms with Crippen molar-refractivity contribution < 1.29 is 63.1 Å². The van der Waals surface area contributed by atoms with Gasteiger partial charge in [0.05, 0.1) is 6.61 Å². The summed E-state index contributed by atoms with van der Waals surface area (Å²) in [7, 11) is -5.13. The van der Waals surface area contributed by atoms with E-state index in [4.69, 9.17) is 18.5 Å². The third kappa shape index (κ3) is 36.5. The van der Waals surface area contributed by atoms with Gasteiger partial charge in [0.25, 0.3) is 0 Å². The molecule has 1 saturated carbocycles. The molecule has 8 atom stereocenters. The van der Waals surface area contributed by atoms with E-state index >= 15 is 0 Å². The number of phosphoric acid groups is 1. The zero-order valence-electron chi connectivity index (χ0n) is 43.6. The van der Waals surface area contributed by atoms with E-state index in [1.54, 1.807) is 0 Å². The molecule has 0 bridgehead atoms. The van der Waals surface area contributed by atoms with Crippen LogP contribution in [0.25, 0.3) is 0 Å². The number of aliphatic hydroxyl groups excluding tert-OH is 5. The van der Waals surface area contributed by atoms with Crippen molar-refractivity contribution in [3.05, 3.63) is 60.8 Å². The minimum Gasteiger partial charge on any atom is -0.462 e. The van der Waals surface area contributed by atoms with Crippen molar-refractivity contribution in [3.8, 4) is 0 Å². The number of ether oxygens (including phenoxy) is 2. The van der Waals surface area contributed by atoms with E-state index < -0.39 is 75.7 Å². The molecule has 0 aromatic rings. The van der Waals surface area contributed by atoms with Crippen molar-refractivity contribution in [3.63, 3.8) is 0 Å². The molecule has 1 rings (SSSR count). The summed E-state index contributed by atoms with van der Waals surface area (Å²) in [6, 6.07) is 0. The highest BCUT2D eigenvalue weighted by atomic mass is 31.2. The summed E-state index contributed by atoms with van der Waals surface area (Å²) in [6.07, 6.45) is 44.1. The van der Waals surface area contributed by atoms with Crippen molar-refractivity contribution >= 4 is 19.8 Å². The zero-order valence-corrected chi connectivity index (χ0v) is 44.4. The minimum atomic E-state index is -5.13. The first-order valence-corrected chi connectivity index (χ1v) is 29.1. The molecule has 1 aliphatic rings. The highest BCUT2D eigenvalue weighted by Gasteiger charge is 2.51. The van der Waals surface area contributed by atoms with Crippen LogP contribution in [0, 0.1) is 0 Å². The monoisotopic (exact) mass is 1010 g/mol. The molecule has 0 saturated heterocycles. The molecule has 1 aliphatic carbocycles. The van der Waals surface area contributed by atoms with Crippen molar-refractivity contribution in [2.75, 3.05) is 13.2 Å². The first kappa shape index (κ1) is 65.6. The van der Waals surface area contributed by atoms with Crippen LogP contribution in [0.5, 0.6) is 0 Å². The number of allylic oxidation sites excluding steroid dienone is 10. The van der Waals surface area contributed by atoms with Crippen LogP contribution >= 0.6 is 7.82 Å². The maximum atomic E-state index is 12.9. The van der Waals surface area contributed by atoms with Gasteiger partial charge >= 0.3 is 19.8 Å². The lowest BCUT2D eigenvalue weighted by molar-refractivity contribution is -0.220. The molecular formula is C56H99O13P. The first-order chi connectivity index (χ1) is 33.9. The molecule has 0 aromatic heterocycles. The molecule has 13 nitrogen and oxygen atoms in total. The first-order valence-electron chi connectivity index (χ1n) is 27.6. The summed E-state index contributed by atoms with van der Waals surface area (Å²) in [5, 5.41) is 50.3. The number of carbonyl (C=O) groups excluding carboxylic acids is 2. The summed E-state index contributed by atoms with van der Waals surface area (Å²) < 4.78 is 33.7. The van der Waals surface area contributed by atoms with Gasteiger partial charge in [0.15, 0.2) is 6.10 Å². The molecule has 70 heavy (non-hydrogen) atoms. The molecule has 0 aliphatic heterocycles. The molecule has 406 valence electrons. The Morgan fingerprint density at radius 1 is 0.457 bits per heavy atom. The van der Waals surface area contributed by atoms with E-state index in [-0.39, 0.29) is 12.8 Å². The maximum Gasteiger partial charge on any atom is 0.472 e. The van der Waals surface area contributed by atoms with Gasteiger partial charge in [0.2, 0.25) is 0 Å². The van der Waals surface area contributed by atoms with Crippen LogP contribution in [-0.4, -0.2) is 98.3 Å². The van der Waals surface area contributed by atoms with E-state index in [1.807, 2.05) is 0 Å². The quantitative estimate of drug-likeness (QED) is 0.0145. The number of unbranched alkanes of at least 4 members (excludes halogenated alkanes) is 24. The minimum absolute atomic E-state index is 0.0906. The lowest BCUT2D eigenvalue weighted by Crippen LogP contribution is -2.64. The fourth-order valence-electron chi connectivity index (χ4n) is 8.26. The van der Waals surface area contributed by atoms with Gasteiger partial charge in [-0.3, -0.25) is 18.6 Å². The number of phosphoric ester groups is 1. The third-order valence-electron chi connectivity index (χ3n) is 12.6. The lowest BCUT2D eigenvalue weighted by atomic mass is 9.85. The van der Waals surface area contributed by atoms with Crippen LogP contribution in [0.3, 0.4) is 0 Å². The molecule has 0 aromatic carbocycles. The zero-order chi connectivity index (χ0) is 51.3. The van der Waals surface area contributed by atoms with E-state index in [0.717, 1.165) is 77.0 Å². The predicted octanol–water partition coefficient (Wildman–Crippen LogP) is 12.5. The Labute approximate surface area is 423 Å². The molecule has 1 fully saturated rings. The Balaban J connectivity index is 2.38. The smallest absolute Gasteiger partial charge is 0.462 e. The predicted molar refractivity (Wildman–Crippen MR) is 281 cm³/mol. The van der Waals surface area contributed by atoms with Crippen molar-refractivity contribution in [2.45, 2.75) is 268 Å². The fraction of sp³-hybridized carbons (Fsp3) is 0.786. The van der Waals surface area contributed by atoms with E-state index in [1.165, 1.54) is 109 Å². The Hall–Kier alpha value is -2.45. The average Bonchev–Trinajstić information content (AvgIpc) is 3.34. The summed E-state index contributed by atoms with van der Waals surface area (Å²) in [5.74, 6) is -1.13. The van der Waals surface area contributed by atoms with Crippen LogP contribution in [0.2, 0.25) is 0 Å². The van der Waals surface area contributed by atoms with Crippen molar-refractivity contribution in [2.24, 2.45) is 0 Å². The number of carbonyl (C=O) groups is 2. The van der Waals surface area contributed by atoms with Crippen molar-refractivity contribution in [1.29, 1.82) is 0 Å². The Morgan fingerprint density at radius 3 is 1.24 bits per heavy atom. The van der Waals surface area contributed by atoms with Gasteiger partial charge in [0.1, 0.15) is 43.2 Å². The second kappa shape index (κ2) is 45.2. The Morgan fingerprint density at radius 2 is 0.814 bits per heavy atom. The van der Waals surface area contributed by atoms with E-state index in [0.29, 0.717) is 12.8 Å². The average molecular weight is 1010 g/mol. The maximum absolute atomic E-state index is 12.9. The normalized spacial score (nSPS) is 21.2. The highest BCUT2D eigenvalue weighted by Crippen LogP contribution is 2.47. The topological polar surface area (TPSA) is 210 Å². The van der Waals surface area contributed by atoms with E-state index in [2.05, 4.69) is 74.6 Å². The second-order valence-electron chi connectivity index (χ2n) is 19.1. The summed E-state index contributed by atoms with van der Waals surface area (Å²) in [6.45, 7) is 3.20. The lowest BCUT2D eigenvalue weighted by Gasteiger charge is -2.41. The molecule has 6 N–H and O–H groups in total. The second-order valence-corrected chi connectivity index (χ2v) is 20.5. The largest absolute Gasteiger partial charge is 0.472 e.